The summed E-state index contributed by atoms with van der Waals surface area (Å²) in [5.41, 5.74) is 0. The van der Waals surface area contributed by atoms with Crippen molar-refractivity contribution in [1.29, 1.82) is 0 Å². The van der Waals surface area contributed by atoms with Gasteiger partial charge in [-0.3, -0.25) is 4.98 Å². The third-order valence-electron chi connectivity index (χ3n) is 1.35. The summed E-state index contributed by atoms with van der Waals surface area (Å²) in [5.74, 6) is -0.524. The van der Waals surface area contributed by atoms with Gasteiger partial charge in [-0.15, -0.1) is 0 Å². The molecular weight excluding hydrogens is 196 g/mol. The van der Waals surface area contributed by atoms with Gasteiger partial charge in [0.2, 0.25) is 0 Å². The van der Waals surface area contributed by atoms with Crippen LogP contribution in [0.3, 0.4) is 0 Å². The topological polar surface area (TPSA) is 71.5 Å². The van der Waals surface area contributed by atoms with E-state index in [1.165, 1.54) is 6.20 Å². The van der Waals surface area contributed by atoms with E-state index in [0.29, 0.717) is 5.75 Å². The molecule has 0 spiro atoms. The standard InChI is InChI=1S/C7H7NO3.C3H9N/c9-7(10)5-11-6-2-1-3-8-4-6;1-3-4-2/h1-4H,5H2,(H,9,10);4H,3H2,1-2H3. The summed E-state index contributed by atoms with van der Waals surface area (Å²) < 4.78 is 4.81. The summed E-state index contributed by atoms with van der Waals surface area (Å²) in [6.45, 7) is 2.81. The van der Waals surface area contributed by atoms with Gasteiger partial charge in [0, 0.05) is 6.20 Å². The Hall–Kier alpha value is -1.62. The van der Waals surface area contributed by atoms with Gasteiger partial charge >= 0.3 is 5.97 Å². The van der Waals surface area contributed by atoms with Gasteiger partial charge in [0.1, 0.15) is 5.75 Å². The van der Waals surface area contributed by atoms with E-state index in [1.807, 2.05) is 7.05 Å². The molecule has 0 bridgehead atoms. The number of carboxylic acid groups (broad SMARTS) is 1. The average molecular weight is 212 g/mol. The lowest BCUT2D eigenvalue weighted by atomic mass is 10.5. The second kappa shape index (κ2) is 8.96. The van der Waals surface area contributed by atoms with Crippen molar-refractivity contribution in [3.8, 4) is 5.75 Å². The molecule has 1 rings (SSSR count). The molecule has 0 atom stereocenters. The summed E-state index contributed by atoms with van der Waals surface area (Å²) in [6.07, 6.45) is 3.05. The summed E-state index contributed by atoms with van der Waals surface area (Å²) in [7, 11) is 1.93. The molecule has 0 fully saturated rings. The largest absolute Gasteiger partial charge is 0.480 e. The van der Waals surface area contributed by atoms with Crippen LogP contribution in [0.15, 0.2) is 24.5 Å². The number of aliphatic carboxylic acids is 1. The van der Waals surface area contributed by atoms with Crippen LogP contribution in [0.25, 0.3) is 0 Å². The Labute approximate surface area is 89.1 Å². The van der Waals surface area contributed by atoms with Gasteiger partial charge in [0.15, 0.2) is 6.61 Å². The zero-order valence-corrected chi connectivity index (χ0v) is 8.93. The van der Waals surface area contributed by atoms with Gasteiger partial charge in [0.05, 0.1) is 6.20 Å². The maximum Gasteiger partial charge on any atom is 0.341 e. The van der Waals surface area contributed by atoms with Crippen molar-refractivity contribution in [2.75, 3.05) is 20.2 Å². The number of nitrogens with zero attached hydrogens (tertiary/aromatic N) is 1. The first kappa shape index (κ1) is 13.4. The van der Waals surface area contributed by atoms with E-state index < -0.39 is 5.97 Å². The number of carboxylic acids is 1. The quantitative estimate of drug-likeness (QED) is 0.771. The van der Waals surface area contributed by atoms with Crippen molar-refractivity contribution >= 4 is 5.97 Å². The number of ether oxygens (including phenoxy) is 1. The highest BCUT2D eigenvalue weighted by Crippen LogP contribution is 2.04. The molecule has 0 unspecified atom stereocenters. The zero-order valence-electron chi connectivity index (χ0n) is 8.93. The molecule has 84 valence electrons. The minimum absolute atomic E-state index is 0.328. The van der Waals surface area contributed by atoms with Crippen molar-refractivity contribution in [2.45, 2.75) is 6.92 Å². The van der Waals surface area contributed by atoms with Crippen LogP contribution in [-0.2, 0) is 4.79 Å². The van der Waals surface area contributed by atoms with E-state index >= 15 is 0 Å². The number of aromatic nitrogens is 1. The lowest BCUT2D eigenvalue weighted by Gasteiger charge is -1.99. The monoisotopic (exact) mass is 212 g/mol. The van der Waals surface area contributed by atoms with E-state index in [4.69, 9.17) is 9.84 Å². The first-order valence-electron chi connectivity index (χ1n) is 4.60. The minimum atomic E-state index is -0.992. The third kappa shape index (κ3) is 8.70. The van der Waals surface area contributed by atoms with E-state index in [2.05, 4.69) is 17.2 Å². The van der Waals surface area contributed by atoms with Gasteiger partial charge < -0.3 is 15.2 Å². The summed E-state index contributed by atoms with van der Waals surface area (Å²) in [4.78, 5) is 13.8. The first-order valence-corrected chi connectivity index (χ1v) is 4.60. The molecule has 0 saturated carbocycles. The average Bonchev–Trinajstić information content (AvgIpc) is 2.28. The predicted octanol–water partition coefficient (Wildman–Crippen LogP) is 0.771. The molecule has 0 aliphatic heterocycles. The Morgan fingerprint density at radius 3 is 2.73 bits per heavy atom. The highest BCUT2D eigenvalue weighted by molar-refractivity contribution is 5.68. The van der Waals surface area contributed by atoms with Crippen LogP contribution < -0.4 is 10.1 Å². The predicted molar refractivity (Wildman–Crippen MR) is 57.0 cm³/mol. The van der Waals surface area contributed by atoms with Crippen LogP contribution in [-0.4, -0.2) is 36.3 Å². The van der Waals surface area contributed by atoms with Crippen LogP contribution in [0, 0.1) is 0 Å². The number of hydrogen-bond acceptors (Lipinski definition) is 4. The SMILES string of the molecule is CCNC.O=C(O)COc1cccnc1. The first-order chi connectivity index (χ1) is 7.20. The van der Waals surface area contributed by atoms with Gasteiger partial charge in [-0.05, 0) is 25.7 Å². The molecular formula is C10H16N2O3. The Bertz CT molecular complexity index is 263. The van der Waals surface area contributed by atoms with E-state index in [9.17, 15) is 4.79 Å². The summed E-state index contributed by atoms with van der Waals surface area (Å²) in [5, 5.41) is 11.2. The fourth-order valence-electron chi connectivity index (χ4n) is 0.578. The molecule has 1 heterocycles. The number of carbonyl (C=O) groups is 1. The van der Waals surface area contributed by atoms with E-state index in [0.717, 1.165) is 6.54 Å². The van der Waals surface area contributed by atoms with Crippen molar-refractivity contribution in [3.63, 3.8) is 0 Å². The van der Waals surface area contributed by atoms with Gasteiger partial charge in [-0.1, -0.05) is 6.92 Å². The second-order valence-corrected chi connectivity index (χ2v) is 2.58. The Balaban J connectivity index is 0.000000423. The highest BCUT2D eigenvalue weighted by Gasteiger charge is 1.96. The van der Waals surface area contributed by atoms with Crippen LogP contribution in [0.1, 0.15) is 6.92 Å². The lowest BCUT2D eigenvalue weighted by molar-refractivity contribution is -0.139. The fourth-order valence-corrected chi connectivity index (χ4v) is 0.578. The van der Waals surface area contributed by atoms with E-state index in [-0.39, 0.29) is 6.61 Å². The highest BCUT2D eigenvalue weighted by atomic mass is 16.5. The van der Waals surface area contributed by atoms with Crippen LogP contribution >= 0.6 is 0 Å². The molecule has 5 nitrogen and oxygen atoms in total. The lowest BCUT2D eigenvalue weighted by Crippen LogP contribution is -2.09. The van der Waals surface area contributed by atoms with Crippen molar-refractivity contribution in [2.24, 2.45) is 0 Å². The number of nitrogens with one attached hydrogen (secondary N) is 1. The minimum Gasteiger partial charge on any atom is -0.480 e. The van der Waals surface area contributed by atoms with Crippen LogP contribution in [0.5, 0.6) is 5.75 Å². The van der Waals surface area contributed by atoms with Crippen LogP contribution in [0.2, 0.25) is 0 Å². The molecule has 5 heteroatoms. The normalized spacial score (nSPS) is 8.67. The summed E-state index contributed by atoms with van der Waals surface area (Å²) in [6, 6.07) is 3.33. The Morgan fingerprint density at radius 1 is 1.67 bits per heavy atom. The van der Waals surface area contributed by atoms with Gasteiger partial charge in [0.25, 0.3) is 0 Å². The third-order valence-corrected chi connectivity index (χ3v) is 1.35. The van der Waals surface area contributed by atoms with Crippen LogP contribution in [0.4, 0.5) is 0 Å². The molecule has 1 aromatic rings. The fraction of sp³-hybridized carbons (Fsp3) is 0.400. The maximum absolute atomic E-state index is 10.0. The molecule has 0 amide bonds. The van der Waals surface area contributed by atoms with Crippen molar-refractivity contribution in [1.82, 2.24) is 10.3 Å². The Kier molecular flexibility index (Phi) is 7.99. The number of rotatable bonds is 4. The molecule has 1 aromatic heterocycles. The van der Waals surface area contributed by atoms with Gasteiger partial charge in [-0.25, -0.2) is 4.79 Å². The molecule has 0 saturated heterocycles. The number of pyridine rings is 1. The number of hydrogen-bond donors (Lipinski definition) is 2. The maximum atomic E-state index is 10.0. The smallest absolute Gasteiger partial charge is 0.341 e. The zero-order chi connectivity index (χ0) is 11.5. The molecule has 0 aliphatic carbocycles. The second-order valence-electron chi connectivity index (χ2n) is 2.58. The van der Waals surface area contributed by atoms with E-state index in [1.54, 1.807) is 18.3 Å². The molecule has 15 heavy (non-hydrogen) atoms. The molecule has 0 radical (unpaired) electrons. The molecule has 2 N–H and O–H groups in total. The summed E-state index contributed by atoms with van der Waals surface area (Å²) >= 11 is 0. The molecule has 0 aromatic carbocycles. The van der Waals surface area contributed by atoms with Gasteiger partial charge in [-0.2, -0.15) is 0 Å². The Morgan fingerprint density at radius 2 is 2.33 bits per heavy atom. The van der Waals surface area contributed by atoms with Crippen molar-refractivity contribution < 1.29 is 14.6 Å². The molecule has 0 aliphatic rings. The van der Waals surface area contributed by atoms with Crippen molar-refractivity contribution in [3.05, 3.63) is 24.5 Å².